The Kier molecular flexibility index (Phi) is 5.84. The van der Waals surface area contributed by atoms with Crippen molar-refractivity contribution in [3.8, 4) is 0 Å². The highest BCUT2D eigenvalue weighted by Crippen LogP contribution is 2.23. The maximum atomic E-state index is 12.5. The van der Waals surface area contributed by atoms with Crippen molar-refractivity contribution in [1.82, 2.24) is 4.57 Å². The van der Waals surface area contributed by atoms with Gasteiger partial charge in [0.15, 0.2) is 4.80 Å². The van der Waals surface area contributed by atoms with Gasteiger partial charge in [0, 0.05) is 18.7 Å². The monoisotopic (exact) mass is 395 g/mol. The SMILES string of the molecule is C=CCn1c(=NC(=O)Cc2ccc(C(C)C)cc2)sc2cc([N+](=O)[O-])ccc21. The van der Waals surface area contributed by atoms with Gasteiger partial charge < -0.3 is 4.57 Å². The largest absolute Gasteiger partial charge is 0.312 e. The molecule has 0 bridgehead atoms. The molecule has 28 heavy (non-hydrogen) atoms. The van der Waals surface area contributed by atoms with Gasteiger partial charge >= 0.3 is 0 Å². The number of hydrogen-bond acceptors (Lipinski definition) is 4. The molecule has 0 radical (unpaired) electrons. The van der Waals surface area contributed by atoms with Gasteiger partial charge in [-0.25, -0.2) is 0 Å². The highest BCUT2D eigenvalue weighted by molar-refractivity contribution is 7.16. The molecule has 7 heteroatoms. The van der Waals surface area contributed by atoms with Gasteiger partial charge in [-0.05, 0) is 23.1 Å². The van der Waals surface area contributed by atoms with Gasteiger partial charge in [-0.1, -0.05) is 55.5 Å². The van der Waals surface area contributed by atoms with Crippen molar-refractivity contribution in [2.24, 2.45) is 4.99 Å². The van der Waals surface area contributed by atoms with Gasteiger partial charge in [-0.3, -0.25) is 14.9 Å². The molecule has 0 saturated heterocycles. The number of amides is 1. The van der Waals surface area contributed by atoms with Crippen molar-refractivity contribution < 1.29 is 9.72 Å². The van der Waals surface area contributed by atoms with Crippen LogP contribution in [0.5, 0.6) is 0 Å². The van der Waals surface area contributed by atoms with Crippen molar-refractivity contribution in [2.45, 2.75) is 32.7 Å². The maximum absolute atomic E-state index is 12.5. The first kappa shape index (κ1) is 19.7. The lowest BCUT2D eigenvalue weighted by atomic mass is 10.0. The number of non-ortho nitro benzene ring substituents is 1. The zero-order chi connectivity index (χ0) is 20.3. The van der Waals surface area contributed by atoms with Gasteiger partial charge in [-0.2, -0.15) is 4.99 Å². The van der Waals surface area contributed by atoms with Crippen LogP contribution in [0.1, 0.15) is 30.9 Å². The fourth-order valence-corrected chi connectivity index (χ4v) is 4.00. The van der Waals surface area contributed by atoms with Crippen LogP contribution < -0.4 is 4.80 Å². The van der Waals surface area contributed by atoms with E-state index in [2.05, 4.69) is 25.4 Å². The average molecular weight is 395 g/mol. The van der Waals surface area contributed by atoms with Gasteiger partial charge in [0.2, 0.25) is 0 Å². The standard InChI is InChI=1S/C21H21N3O3S/c1-4-11-23-18-10-9-17(24(26)27)13-19(18)28-21(23)22-20(25)12-15-5-7-16(8-6-15)14(2)3/h4-10,13-14H,1,11-12H2,2-3H3. The summed E-state index contributed by atoms with van der Waals surface area (Å²) in [7, 11) is 0. The molecule has 0 saturated carbocycles. The summed E-state index contributed by atoms with van der Waals surface area (Å²) in [6, 6.07) is 12.6. The topological polar surface area (TPSA) is 77.5 Å². The van der Waals surface area contributed by atoms with E-state index >= 15 is 0 Å². The number of nitrogens with zero attached hydrogens (tertiary/aromatic N) is 3. The van der Waals surface area contributed by atoms with Crippen LogP contribution in [0.4, 0.5) is 5.69 Å². The lowest BCUT2D eigenvalue weighted by Crippen LogP contribution is -2.16. The van der Waals surface area contributed by atoms with Crippen LogP contribution in [0, 0.1) is 10.1 Å². The molecule has 1 heterocycles. The average Bonchev–Trinajstić information content (AvgIpc) is 2.98. The van der Waals surface area contributed by atoms with Crippen molar-refractivity contribution in [3.05, 3.63) is 81.2 Å². The summed E-state index contributed by atoms with van der Waals surface area (Å²) in [5, 5.41) is 11.0. The molecule has 144 valence electrons. The van der Waals surface area contributed by atoms with Crippen molar-refractivity contribution in [1.29, 1.82) is 0 Å². The van der Waals surface area contributed by atoms with Crippen LogP contribution in [0.25, 0.3) is 10.2 Å². The molecule has 0 unspecified atom stereocenters. The molecule has 0 aliphatic rings. The van der Waals surface area contributed by atoms with E-state index in [9.17, 15) is 14.9 Å². The number of carbonyl (C=O) groups excluding carboxylic acids is 1. The molecule has 0 aliphatic heterocycles. The number of aromatic nitrogens is 1. The fourth-order valence-electron chi connectivity index (χ4n) is 2.91. The van der Waals surface area contributed by atoms with Crippen LogP contribution >= 0.6 is 11.3 Å². The Morgan fingerprint density at radius 2 is 2.00 bits per heavy atom. The van der Waals surface area contributed by atoms with E-state index in [0.29, 0.717) is 22.0 Å². The lowest BCUT2D eigenvalue weighted by molar-refractivity contribution is -0.384. The van der Waals surface area contributed by atoms with E-state index in [1.165, 1.54) is 29.0 Å². The predicted molar refractivity (Wildman–Crippen MR) is 111 cm³/mol. The van der Waals surface area contributed by atoms with E-state index in [1.54, 1.807) is 12.1 Å². The number of rotatable bonds is 6. The van der Waals surface area contributed by atoms with Crippen molar-refractivity contribution >= 4 is 33.1 Å². The highest BCUT2D eigenvalue weighted by atomic mass is 32.1. The highest BCUT2D eigenvalue weighted by Gasteiger charge is 2.12. The fraction of sp³-hybridized carbons (Fsp3) is 0.238. The number of thiazole rings is 1. The van der Waals surface area contributed by atoms with Gasteiger partial charge in [0.05, 0.1) is 21.6 Å². The molecule has 0 spiro atoms. The van der Waals surface area contributed by atoms with Crippen molar-refractivity contribution in [3.63, 3.8) is 0 Å². The summed E-state index contributed by atoms with van der Waals surface area (Å²) in [5.74, 6) is 0.186. The zero-order valence-electron chi connectivity index (χ0n) is 15.8. The Morgan fingerprint density at radius 1 is 1.29 bits per heavy atom. The van der Waals surface area contributed by atoms with Crippen LogP contribution in [0.2, 0.25) is 0 Å². The van der Waals surface area contributed by atoms with E-state index in [0.717, 1.165) is 11.1 Å². The molecule has 0 aliphatic carbocycles. The Labute approximate surface area is 166 Å². The van der Waals surface area contributed by atoms with E-state index in [1.807, 2.05) is 28.8 Å². The Balaban J connectivity index is 1.94. The number of nitro groups is 1. The first-order valence-electron chi connectivity index (χ1n) is 8.94. The summed E-state index contributed by atoms with van der Waals surface area (Å²) in [6.45, 7) is 8.46. The lowest BCUT2D eigenvalue weighted by Gasteiger charge is -2.05. The third-order valence-corrected chi connectivity index (χ3v) is 5.45. The van der Waals surface area contributed by atoms with Gasteiger partial charge in [-0.15, -0.1) is 6.58 Å². The number of benzene rings is 2. The van der Waals surface area contributed by atoms with E-state index < -0.39 is 4.92 Å². The molecule has 2 aromatic carbocycles. The van der Waals surface area contributed by atoms with Crippen molar-refractivity contribution in [2.75, 3.05) is 0 Å². The number of allylic oxidation sites excluding steroid dienone is 1. The van der Waals surface area contributed by atoms with E-state index in [4.69, 9.17) is 0 Å². The third-order valence-electron chi connectivity index (χ3n) is 4.41. The Morgan fingerprint density at radius 3 is 2.61 bits per heavy atom. The number of carbonyl (C=O) groups is 1. The van der Waals surface area contributed by atoms with Crippen LogP contribution in [-0.2, 0) is 17.8 Å². The van der Waals surface area contributed by atoms with Gasteiger partial charge in [0.1, 0.15) is 0 Å². The minimum Gasteiger partial charge on any atom is -0.312 e. The molecular weight excluding hydrogens is 374 g/mol. The molecule has 1 aromatic heterocycles. The quantitative estimate of drug-likeness (QED) is 0.348. The zero-order valence-corrected chi connectivity index (χ0v) is 16.6. The summed E-state index contributed by atoms with van der Waals surface area (Å²) < 4.78 is 2.56. The smallest absolute Gasteiger partial charge is 0.270 e. The van der Waals surface area contributed by atoms with Gasteiger partial charge in [0.25, 0.3) is 11.6 Å². The molecule has 3 aromatic rings. The molecule has 0 N–H and O–H groups in total. The number of hydrogen-bond donors (Lipinski definition) is 0. The molecule has 6 nitrogen and oxygen atoms in total. The molecule has 0 atom stereocenters. The second-order valence-electron chi connectivity index (χ2n) is 6.77. The Hall–Kier alpha value is -3.06. The summed E-state index contributed by atoms with van der Waals surface area (Å²) in [4.78, 5) is 27.9. The van der Waals surface area contributed by atoms with Crippen LogP contribution in [0.3, 0.4) is 0 Å². The molecule has 1 amide bonds. The molecular formula is C21H21N3O3S. The summed E-state index contributed by atoms with van der Waals surface area (Å²) in [5.41, 5.74) is 2.94. The molecule has 0 fully saturated rings. The normalized spacial score (nSPS) is 11.9. The first-order chi connectivity index (χ1) is 13.4. The van der Waals surface area contributed by atoms with Crippen LogP contribution in [-0.4, -0.2) is 15.4 Å². The van der Waals surface area contributed by atoms with Crippen LogP contribution in [0.15, 0.2) is 60.1 Å². The second-order valence-corrected chi connectivity index (χ2v) is 7.78. The second kappa shape index (κ2) is 8.31. The number of fused-ring (bicyclic) bond motifs is 1. The summed E-state index contributed by atoms with van der Waals surface area (Å²) in [6.07, 6.45) is 1.92. The van der Waals surface area contributed by atoms with E-state index in [-0.39, 0.29) is 18.0 Å². The third kappa shape index (κ3) is 4.26. The minimum atomic E-state index is -0.431. The summed E-state index contributed by atoms with van der Waals surface area (Å²) >= 11 is 1.26. The number of nitro benzene ring substituents is 1. The maximum Gasteiger partial charge on any atom is 0.270 e. The Bertz CT molecular complexity index is 1110. The predicted octanol–water partition coefficient (Wildman–Crippen LogP) is 4.59. The molecule has 3 rings (SSSR count). The first-order valence-corrected chi connectivity index (χ1v) is 9.75. The minimum absolute atomic E-state index is 0.0163.